The fraction of sp³-hybridized carbons (Fsp3) is 0.591. The van der Waals surface area contributed by atoms with Crippen LogP contribution in [0.5, 0.6) is 0 Å². The fourth-order valence-electron chi connectivity index (χ4n) is 7.31. The van der Waals surface area contributed by atoms with Crippen molar-refractivity contribution in [3.8, 4) is 0 Å². The Hall–Kier alpha value is -4.64. The molecule has 0 aromatic carbocycles. The molecule has 11 nitrogen and oxygen atoms in total. The summed E-state index contributed by atoms with van der Waals surface area (Å²) in [5, 5.41) is 9.80. The first-order chi connectivity index (χ1) is 38.2. The zero-order valence-electron chi connectivity index (χ0n) is 48.6. The van der Waals surface area contributed by atoms with E-state index < -0.39 is 57.8 Å². The molecular weight excluding hydrogens is 1000 g/mol. The number of hydrogen-bond acceptors (Lipinski definition) is 10. The first-order valence-corrected chi connectivity index (χ1v) is 31.2. The van der Waals surface area contributed by atoms with E-state index in [1.54, 1.807) is 6.08 Å². The highest BCUT2D eigenvalue weighted by molar-refractivity contribution is 7.47. The Balaban J connectivity index is 4.89. The Kier molecular flexibility index (Phi) is 55.0. The van der Waals surface area contributed by atoms with Crippen LogP contribution in [-0.4, -0.2) is 66.5 Å². The van der Waals surface area contributed by atoms with Gasteiger partial charge in [-0.25, -0.2) is 4.57 Å². The van der Waals surface area contributed by atoms with Crippen LogP contribution in [0.2, 0.25) is 0 Å². The molecule has 0 saturated heterocycles. The maximum absolute atomic E-state index is 12.9. The molecule has 0 bridgehead atoms. The minimum absolute atomic E-state index is 0.0656. The van der Waals surface area contributed by atoms with Crippen LogP contribution < -0.4 is 0 Å². The molecule has 0 heterocycles. The van der Waals surface area contributed by atoms with Crippen LogP contribution >= 0.6 is 7.82 Å². The van der Waals surface area contributed by atoms with Gasteiger partial charge in [0.2, 0.25) is 0 Å². The van der Waals surface area contributed by atoms with Gasteiger partial charge in [0.05, 0.1) is 26.2 Å². The number of aliphatic hydroxyl groups excluding tert-OH is 1. The Morgan fingerprint density at radius 2 is 0.718 bits per heavy atom. The van der Waals surface area contributed by atoms with E-state index in [2.05, 4.69) is 142 Å². The number of phosphoric ester groups is 1. The van der Waals surface area contributed by atoms with Crippen molar-refractivity contribution in [3.63, 3.8) is 0 Å². The lowest BCUT2D eigenvalue weighted by Gasteiger charge is -2.21. The first-order valence-electron chi connectivity index (χ1n) is 29.7. The highest BCUT2D eigenvalue weighted by Crippen LogP contribution is 2.43. The number of allylic oxidation sites excluding steroid dienone is 23. The molecule has 0 aromatic rings. The van der Waals surface area contributed by atoms with Gasteiger partial charge in [-0.05, 0) is 122 Å². The molecule has 0 amide bonds. The minimum Gasteiger partial charge on any atom is -0.462 e. The largest absolute Gasteiger partial charge is 0.472 e. The van der Waals surface area contributed by atoms with Gasteiger partial charge in [0.15, 0.2) is 6.10 Å². The molecule has 3 atom stereocenters. The van der Waals surface area contributed by atoms with E-state index in [0.29, 0.717) is 19.3 Å². The summed E-state index contributed by atoms with van der Waals surface area (Å²) in [6.07, 6.45) is 75.4. The molecule has 0 fully saturated rings. The van der Waals surface area contributed by atoms with Gasteiger partial charge < -0.3 is 24.2 Å². The monoisotopic (exact) mass is 1100 g/mol. The van der Waals surface area contributed by atoms with Gasteiger partial charge >= 0.3 is 25.7 Å². The maximum atomic E-state index is 12.9. The number of carbonyl (C=O) groups is 3. The quantitative estimate of drug-likeness (QED) is 0.0197. The summed E-state index contributed by atoms with van der Waals surface area (Å²) < 4.78 is 39.4. The summed E-state index contributed by atoms with van der Waals surface area (Å²) in [7, 11) is -4.80. The van der Waals surface area contributed by atoms with Gasteiger partial charge in [-0.15, -0.1) is 0 Å². The standard InChI is InChI=1S/C66H105O11P/c1-4-7-10-13-16-19-22-25-28-30-31-33-35-37-40-43-46-49-52-55-64(68)73-59-63(77-66(70)57-54-51-48-45-42-39-36-32-29-26-23-20-17-14-11-8-5-2)61-75-78(71,72)74-60-62(58-67)76-65(69)56-53-50-47-44-41-38-34-27-24-21-18-15-12-9-6-3/h8-9,11-12,16-21,25-29,31,33-34,36,39,41,44,50,53,62-63,67H,4-7,10,13-15,22-24,30,32,35,37-38,40,42-43,45-49,51-52,54-61H2,1-3H3,(H,71,72)/b11-8-,12-9-,19-16-,20-17-,21-18-,28-25-,29-26-,33-31-,34-27-,39-36-,44-41-,53-50-. The Morgan fingerprint density at radius 1 is 0.385 bits per heavy atom. The van der Waals surface area contributed by atoms with Crippen molar-refractivity contribution in [3.05, 3.63) is 146 Å². The number of esters is 3. The van der Waals surface area contributed by atoms with E-state index in [9.17, 15) is 28.9 Å². The van der Waals surface area contributed by atoms with Crippen LogP contribution in [-0.2, 0) is 42.2 Å². The Morgan fingerprint density at radius 3 is 1.13 bits per heavy atom. The van der Waals surface area contributed by atoms with E-state index in [-0.39, 0.29) is 25.9 Å². The molecule has 0 aliphatic carbocycles. The lowest BCUT2D eigenvalue weighted by Crippen LogP contribution is -2.30. The zero-order valence-corrected chi connectivity index (χ0v) is 49.5. The zero-order chi connectivity index (χ0) is 56.9. The van der Waals surface area contributed by atoms with E-state index in [4.69, 9.17) is 23.3 Å². The fourth-order valence-corrected chi connectivity index (χ4v) is 8.09. The third-order valence-corrected chi connectivity index (χ3v) is 12.7. The molecular formula is C66H105O11P. The average molecular weight is 1110 g/mol. The van der Waals surface area contributed by atoms with Gasteiger partial charge in [-0.2, -0.15) is 0 Å². The van der Waals surface area contributed by atoms with Crippen LogP contribution in [0.15, 0.2) is 146 Å². The van der Waals surface area contributed by atoms with E-state index in [1.165, 1.54) is 25.7 Å². The molecule has 0 radical (unpaired) electrons. The van der Waals surface area contributed by atoms with Crippen molar-refractivity contribution >= 4 is 25.7 Å². The van der Waals surface area contributed by atoms with Crippen LogP contribution in [0.4, 0.5) is 0 Å². The second-order valence-electron chi connectivity index (χ2n) is 19.1. The first kappa shape index (κ1) is 73.4. The van der Waals surface area contributed by atoms with Crippen LogP contribution in [0.3, 0.4) is 0 Å². The third kappa shape index (κ3) is 56.1. The van der Waals surface area contributed by atoms with Crippen molar-refractivity contribution in [1.82, 2.24) is 0 Å². The normalized spacial score (nSPS) is 14.4. The average Bonchev–Trinajstić information content (AvgIpc) is 3.43. The van der Waals surface area contributed by atoms with E-state index in [1.807, 2.05) is 18.2 Å². The highest BCUT2D eigenvalue weighted by atomic mass is 31.2. The number of ether oxygens (including phenoxy) is 3. The topological polar surface area (TPSA) is 155 Å². The lowest BCUT2D eigenvalue weighted by atomic mass is 10.1. The SMILES string of the molecule is CC/C=C\C/C=C\C/C=C\C/C=C\C/C=C\CC(=O)OC(CO)COP(=O)(O)OCC(COC(=O)CCCCCCCC/C=C\C/C=C\C/C=C\CCCCC)OC(=O)CCCCCC/C=C\C/C=C\C/C=C\C/C=C\CC. The smallest absolute Gasteiger partial charge is 0.462 e. The minimum atomic E-state index is -4.80. The predicted molar refractivity (Wildman–Crippen MR) is 325 cm³/mol. The molecule has 0 spiro atoms. The van der Waals surface area contributed by atoms with Crippen molar-refractivity contribution in [1.29, 1.82) is 0 Å². The molecule has 2 N–H and O–H groups in total. The van der Waals surface area contributed by atoms with Crippen molar-refractivity contribution in [2.75, 3.05) is 26.4 Å². The molecule has 0 aliphatic rings. The van der Waals surface area contributed by atoms with Crippen molar-refractivity contribution in [2.45, 2.75) is 226 Å². The van der Waals surface area contributed by atoms with Gasteiger partial charge in [0.25, 0.3) is 0 Å². The molecule has 0 aliphatic heterocycles. The molecule has 0 rings (SSSR count). The summed E-state index contributed by atoms with van der Waals surface area (Å²) in [5.41, 5.74) is 0. The molecule has 12 heteroatoms. The van der Waals surface area contributed by atoms with Crippen molar-refractivity contribution < 1.29 is 52.2 Å². The molecule has 3 unspecified atom stereocenters. The maximum Gasteiger partial charge on any atom is 0.472 e. The summed E-state index contributed by atoms with van der Waals surface area (Å²) >= 11 is 0. The number of hydrogen-bond donors (Lipinski definition) is 2. The molecule has 0 aromatic heterocycles. The predicted octanol–water partition coefficient (Wildman–Crippen LogP) is 17.9. The number of aliphatic hydroxyl groups is 1. The van der Waals surface area contributed by atoms with Crippen LogP contribution in [0, 0.1) is 0 Å². The third-order valence-electron chi connectivity index (χ3n) is 11.8. The second kappa shape index (κ2) is 58.5. The van der Waals surface area contributed by atoms with Crippen LogP contribution in [0.1, 0.15) is 213 Å². The molecule has 78 heavy (non-hydrogen) atoms. The van der Waals surface area contributed by atoms with Gasteiger partial charge in [0.1, 0.15) is 12.7 Å². The van der Waals surface area contributed by atoms with E-state index in [0.717, 1.165) is 128 Å². The summed E-state index contributed by atoms with van der Waals surface area (Å²) in [6.45, 7) is 4.22. The Labute approximate surface area is 473 Å². The van der Waals surface area contributed by atoms with Crippen molar-refractivity contribution in [2.24, 2.45) is 0 Å². The summed E-state index contributed by atoms with van der Waals surface area (Å²) in [5.74, 6) is -1.66. The summed E-state index contributed by atoms with van der Waals surface area (Å²) in [4.78, 5) is 48.6. The number of rotatable bonds is 53. The second-order valence-corrected chi connectivity index (χ2v) is 20.5. The summed E-state index contributed by atoms with van der Waals surface area (Å²) in [6, 6.07) is 0. The highest BCUT2D eigenvalue weighted by Gasteiger charge is 2.28. The Bertz CT molecular complexity index is 1860. The number of unbranched alkanes of at least 4 members (excludes halogenated alkanes) is 13. The van der Waals surface area contributed by atoms with Gasteiger partial charge in [-0.1, -0.05) is 218 Å². The van der Waals surface area contributed by atoms with Gasteiger partial charge in [-0.3, -0.25) is 23.4 Å². The number of carbonyl (C=O) groups excluding carboxylic acids is 3. The van der Waals surface area contributed by atoms with Crippen LogP contribution in [0.25, 0.3) is 0 Å². The van der Waals surface area contributed by atoms with E-state index >= 15 is 0 Å². The molecule has 440 valence electrons. The lowest BCUT2D eigenvalue weighted by molar-refractivity contribution is -0.161. The molecule has 0 saturated carbocycles. The van der Waals surface area contributed by atoms with Gasteiger partial charge in [0, 0.05) is 12.8 Å². The number of phosphoric acid groups is 1.